The summed E-state index contributed by atoms with van der Waals surface area (Å²) in [6.07, 6.45) is 1.71. The van der Waals surface area contributed by atoms with Crippen molar-refractivity contribution in [3.63, 3.8) is 0 Å². The molecule has 2 aromatic carbocycles. The number of nitrogens with zero attached hydrogens (tertiary/aromatic N) is 2. The van der Waals surface area contributed by atoms with Crippen molar-refractivity contribution in [3.8, 4) is 0 Å². The third-order valence-corrected chi connectivity index (χ3v) is 5.74. The number of hydrazone groups is 1. The SMILES string of the molecule is C=CCN1C(=O)C(CC(=O)Nc2ccc(Cl)cc2)SC1=NNC(=O)Cc1ccccc1. The average Bonchev–Trinajstić information content (AvgIpc) is 3.04. The number of amidine groups is 1. The number of anilines is 1. The van der Waals surface area contributed by atoms with Crippen LogP contribution in [-0.4, -0.2) is 39.6 Å². The first-order valence-electron chi connectivity index (χ1n) is 9.51. The Balaban J connectivity index is 1.61. The van der Waals surface area contributed by atoms with Gasteiger partial charge in [-0.1, -0.05) is 59.8 Å². The summed E-state index contributed by atoms with van der Waals surface area (Å²) in [5.41, 5.74) is 3.94. The molecule has 0 bridgehead atoms. The maximum Gasteiger partial charge on any atom is 0.244 e. The van der Waals surface area contributed by atoms with Crippen LogP contribution >= 0.6 is 23.4 Å². The smallest absolute Gasteiger partial charge is 0.244 e. The van der Waals surface area contributed by atoms with Gasteiger partial charge in [0.1, 0.15) is 5.25 Å². The molecule has 1 atom stereocenters. The molecule has 9 heteroatoms. The number of thioether (sulfide) groups is 1. The lowest BCUT2D eigenvalue weighted by molar-refractivity contribution is -0.128. The minimum atomic E-state index is -0.642. The second-order valence-electron chi connectivity index (χ2n) is 6.69. The van der Waals surface area contributed by atoms with E-state index in [0.717, 1.165) is 17.3 Å². The van der Waals surface area contributed by atoms with Gasteiger partial charge in [0.25, 0.3) is 0 Å². The summed E-state index contributed by atoms with van der Waals surface area (Å²) in [4.78, 5) is 38.7. The van der Waals surface area contributed by atoms with Gasteiger partial charge >= 0.3 is 0 Å². The van der Waals surface area contributed by atoms with E-state index in [1.54, 1.807) is 30.3 Å². The highest BCUT2D eigenvalue weighted by Gasteiger charge is 2.38. The zero-order valence-electron chi connectivity index (χ0n) is 16.6. The molecular weight excluding hydrogens is 436 g/mol. The van der Waals surface area contributed by atoms with Crippen LogP contribution in [0.15, 0.2) is 72.4 Å². The lowest BCUT2D eigenvalue weighted by Crippen LogP contribution is -2.34. The second kappa shape index (κ2) is 10.8. The van der Waals surface area contributed by atoms with Gasteiger partial charge in [-0.25, -0.2) is 5.43 Å². The summed E-state index contributed by atoms with van der Waals surface area (Å²) in [6, 6.07) is 16.0. The predicted molar refractivity (Wildman–Crippen MR) is 124 cm³/mol. The molecule has 0 radical (unpaired) electrons. The Bertz CT molecular complexity index is 996. The maximum atomic E-state index is 12.7. The Kier molecular flexibility index (Phi) is 7.86. The van der Waals surface area contributed by atoms with Crippen LogP contribution in [0.25, 0.3) is 0 Å². The lowest BCUT2D eigenvalue weighted by atomic mass is 10.1. The fourth-order valence-corrected chi connectivity index (χ4v) is 4.10. The minimum Gasteiger partial charge on any atom is -0.326 e. The van der Waals surface area contributed by atoms with Crippen LogP contribution in [0.4, 0.5) is 5.69 Å². The van der Waals surface area contributed by atoms with Gasteiger partial charge in [-0.05, 0) is 29.8 Å². The van der Waals surface area contributed by atoms with Gasteiger partial charge in [0.15, 0.2) is 5.17 Å². The van der Waals surface area contributed by atoms with Crippen molar-refractivity contribution in [2.45, 2.75) is 18.1 Å². The van der Waals surface area contributed by atoms with Crippen LogP contribution in [0.5, 0.6) is 0 Å². The molecule has 2 N–H and O–H groups in total. The van der Waals surface area contributed by atoms with E-state index in [9.17, 15) is 14.4 Å². The van der Waals surface area contributed by atoms with E-state index >= 15 is 0 Å². The molecule has 0 saturated carbocycles. The summed E-state index contributed by atoms with van der Waals surface area (Å²) >= 11 is 6.98. The van der Waals surface area contributed by atoms with Crippen molar-refractivity contribution in [1.29, 1.82) is 0 Å². The van der Waals surface area contributed by atoms with Crippen molar-refractivity contribution < 1.29 is 14.4 Å². The molecule has 1 fully saturated rings. The molecule has 7 nitrogen and oxygen atoms in total. The van der Waals surface area contributed by atoms with Crippen molar-refractivity contribution in [2.75, 3.05) is 11.9 Å². The van der Waals surface area contributed by atoms with Crippen LogP contribution in [0, 0.1) is 0 Å². The Morgan fingerprint density at radius 1 is 1.13 bits per heavy atom. The number of amides is 3. The first-order valence-corrected chi connectivity index (χ1v) is 10.8. The first-order chi connectivity index (χ1) is 15.0. The molecule has 1 aliphatic rings. The molecule has 0 aliphatic carbocycles. The molecule has 1 aliphatic heterocycles. The normalized spacial score (nSPS) is 16.9. The van der Waals surface area contributed by atoms with Crippen molar-refractivity contribution in [2.24, 2.45) is 5.10 Å². The standard InChI is InChI=1S/C22H21ClN4O3S/c1-2-12-27-21(30)18(14-19(28)24-17-10-8-16(23)9-11-17)31-22(27)26-25-20(29)13-15-6-4-3-5-7-15/h2-11,18H,1,12-14H2,(H,24,28)(H,25,29). The van der Waals surface area contributed by atoms with Crippen LogP contribution in [0.2, 0.25) is 5.02 Å². The van der Waals surface area contributed by atoms with Gasteiger partial charge in [-0.2, -0.15) is 0 Å². The quantitative estimate of drug-likeness (QED) is 0.470. The fourth-order valence-electron chi connectivity index (χ4n) is 2.87. The van der Waals surface area contributed by atoms with E-state index in [1.165, 1.54) is 4.90 Å². The number of rotatable bonds is 8. The Morgan fingerprint density at radius 2 is 1.84 bits per heavy atom. The summed E-state index contributed by atoms with van der Waals surface area (Å²) in [5.74, 6) is -0.859. The van der Waals surface area contributed by atoms with Crippen molar-refractivity contribution in [1.82, 2.24) is 10.3 Å². The van der Waals surface area contributed by atoms with Gasteiger partial charge in [0.05, 0.1) is 6.42 Å². The highest BCUT2D eigenvalue weighted by atomic mass is 35.5. The van der Waals surface area contributed by atoms with Crippen LogP contribution in [0.1, 0.15) is 12.0 Å². The van der Waals surface area contributed by atoms with Gasteiger partial charge in [0.2, 0.25) is 17.7 Å². The molecule has 1 unspecified atom stereocenters. The van der Waals surface area contributed by atoms with E-state index in [2.05, 4.69) is 22.4 Å². The van der Waals surface area contributed by atoms with E-state index in [-0.39, 0.29) is 37.1 Å². The van der Waals surface area contributed by atoms with Gasteiger partial charge in [-0.15, -0.1) is 11.7 Å². The summed E-state index contributed by atoms with van der Waals surface area (Å²) in [7, 11) is 0. The Hall–Kier alpha value is -3.10. The number of hydrogen-bond acceptors (Lipinski definition) is 5. The number of halogens is 1. The highest BCUT2D eigenvalue weighted by molar-refractivity contribution is 8.15. The molecule has 0 spiro atoms. The number of carbonyl (C=O) groups excluding carboxylic acids is 3. The predicted octanol–water partition coefficient (Wildman–Crippen LogP) is 3.43. The van der Waals surface area contributed by atoms with E-state index in [1.807, 2.05) is 30.3 Å². The molecule has 3 amide bonds. The highest BCUT2D eigenvalue weighted by Crippen LogP contribution is 2.29. The van der Waals surface area contributed by atoms with Crippen molar-refractivity contribution in [3.05, 3.63) is 77.8 Å². The first kappa shape index (κ1) is 22.6. The summed E-state index contributed by atoms with van der Waals surface area (Å²) in [5, 5.41) is 7.11. The Morgan fingerprint density at radius 3 is 2.52 bits per heavy atom. The van der Waals surface area contributed by atoms with Crippen LogP contribution < -0.4 is 10.7 Å². The van der Waals surface area contributed by atoms with Crippen LogP contribution in [-0.2, 0) is 20.8 Å². The number of nitrogens with one attached hydrogen (secondary N) is 2. The molecule has 1 heterocycles. The minimum absolute atomic E-state index is 0.0310. The summed E-state index contributed by atoms with van der Waals surface area (Å²) < 4.78 is 0. The van der Waals surface area contributed by atoms with Gasteiger partial charge < -0.3 is 5.32 Å². The van der Waals surface area contributed by atoms with Crippen LogP contribution in [0.3, 0.4) is 0 Å². The molecule has 3 rings (SSSR count). The third kappa shape index (κ3) is 6.44. The molecule has 2 aromatic rings. The van der Waals surface area contributed by atoms with Crippen molar-refractivity contribution >= 4 is 51.9 Å². The summed E-state index contributed by atoms with van der Waals surface area (Å²) in [6.45, 7) is 3.89. The largest absolute Gasteiger partial charge is 0.326 e. The van der Waals surface area contributed by atoms with E-state index < -0.39 is 5.25 Å². The molecule has 1 saturated heterocycles. The number of carbonyl (C=O) groups is 3. The Labute approximate surface area is 189 Å². The van der Waals surface area contributed by atoms with Gasteiger partial charge in [-0.3, -0.25) is 19.3 Å². The number of hydrogen-bond donors (Lipinski definition) is 2. The average molecular weight is 457 g/mol. The third-order valence-electron chi connectivity index (χ3n) is 4.31. The van der Waals surface area contributed by atoms with Gasteiger partial charge in [0, 0.05) is 23.7 Å². The topological polar surface area (TPSA) is 90.9 Å². The lowest BCUT2D eigenvalue weighted by Gasteiger charge is -2.13. The maximum absolute atomic E-state index is 12.7. The van der Waals surface area contributed by atoms with E-state index in [4.69, 9.17) is 11.6 Å². The molecule has 0 aromatic heterocycles. The zero-order chi connectivity index (χ0) is 22.2. The number of benzene rings is 2. The fraction of sp³-hybridized carbons (Fsp3) is 0.182. The molecular formula is C22H21ClN4O3S. The zero-order valence-corrected chi connectivity index (χ0v) is 18.2. The van der Waals surface area contributed by atoms with E-state index in [0.29, 0.717) is 15.9 Å². The molecule has 160 valence electrons. The second-order valence-corrected chi connectivity index (χ2v) is 8.30. The monoisotopic (exact) mass is 456 g/mol. The molecule has 31 heavy (non-hydrogen) atoms.